The summed E-state index contributed by atoms with van der Waals surface area (Å²) >= 11 is 0. The monoisotopic (exact) mass is 360 g/mol. The zero-order valence-corrected chi connectivity index (χ0v) is 15.3. The van der Waals surface area contributed by atoms with Gasteiger partial charge in [-0.3, -0.25) is 4.79 Å². The average Bonchev–Trinajstić information content (AvgIpc) is 2.81. The number of amides is 1. The highest BCUT2D eigenvalue weighted by molar-refractivity contribution is 6.12. The normalized spacial score (nSPS) is 13.2. The molecule has 1 aliphatic heterocycles. The minimum atomic E-state index is -0.0763. The first-order valence-corrected chi connectivity index (χ1v) is 8.92. The topological polar surface area (TPSA) is 75.1 Å². The van der Waals surface area contributed by atoms with E-state index < -0.39 is 0 Å². The summed E-state index contributed by atoms with van der Waals surface area (Å²) in [5.74, 6) is 1.32. The lowest BCUT2D eigenvalue weighted by molar-refractivity contribution is 0.0994. The Bertz CT molecular complexity index is 975. The van der Waals surface area contributed by atoms with Crippen LogP contribution in [0.4, 0.5) is 17.3 Å². The van der Waals surface area contributed by atoms with Gasteiger partial charge in [0.15, 0.2) is 5.82 Å². The zero-order chi connectivity index (χ0) is 18.8. The van der Waals surface area contributed by atoms with Crippen LogP contribution in [0, 0.1) is 0 Å². The third-order valence-corrected chi connectivity index (χ3v) is 4.73. The summed E-state index contributed by atoms with van der Waals surface area (Å²) < 4.78 is 0. The maximum atomic E-state index is 13.1. The van der Waals surface area contributed by atoms with E-state index in [0.29, 0.717) is 17.9 Å². The van der Waals surface area contributed by atoms with E-state index >= 15 is 0 Å². The number of aryl methyl sites for hydroxylation is 2. The van der Waals surface area contributed by atoms with Crippen LogP contribution in [-0.2, 0) is 12.8 Å². The Morgan fingerprint density at radius 2 is 1.78 bits per heavy atom. The lowest BCUT2D eigenvalue weighted by Gasteiger charge is -2.22. The lowest BCUT2D eigenvalue weighted by Crippen LogP contribution is -2.25. The van der Waals surface area contributed by atoms with Crippen LogP contribution >= 0.6 is 0 Å². The van der Waals surface area contributed by atoms with E-state index in [-0.39, 0.29) is 5.91 Å². The van der Waals surface area contributed by atoms with Gasteiger partial charge in [-0.05, 0) is 49.1 Å². The summed E-state index contributed by atoms with van der Waals surface area (Å²) in [6.07, 6.45) is 10.3. The van der Waals surface area contributed by atoms with E-state index in [1.54, 1.807) is 18.1 Å². The quantitative estimate of drug-likeness (QED) is 0.712. The van der Waals surface area contributed by atoms with Crippen molar-refractivity contribution in [1.82, 2.24) is 19.9 Å². The molecule has 136 valence electrons. The van der Waals surface area contributed by atoms with Crippen molar-refractivity contribution in [2.24, 2.45) is 0 Å². The van der Waals surface area contributed by atoms with E-state index in [9.17, 15) is 4.79 Å². The van der Waals surface area contributed by atoms with Crippen molar-refractivity contribution in [2.45, 2.75) is 19.8 Å². The van der Waals surface area contributed by atoms with Gasteiger partial charge in [-0.25, -0.2) is 19.9 Å². The van der Waals surface area contributed by atoms with Crippen LogP contribution in [0.15, 0.2) is 49.3 Å². The van der Waals surface area contributed by atoms with E-state index in [1.165, 1.54) is 6.33 Å². The maximum absolute atomic E-state index is 13.1. The third-order valence-electron chi connectivity index (χ3n) is 4.73. The maximum Gasteiger partial charge on any atom is 0.261 e. The van der Waals surface area contributed by atoms with E-state index in [2.05, 4.69) is 19.9 Å². The average molecular weight is 360 g/mol. The molecule has 7 nitrogen and oxygen atoms in total. The largest absolute Gasteiger partial charge is 0.309 e. The first-order valence-electron chi connectivity index (χ1n) is 8.92. The van der Waals surface area contributed by atoms with Crippen LogP contribution in [-0.4, -0.2) is 39.4 Å². The highest BCUT2D eigenvalue weighted by Crippen LogP contribution is 2.37. The van der Waals surface area contributed by atoms with Gasteiger partial charge in [0.25, 0.3) is 5.91 Å². The Labute approximate surface area is 157 Å². The van der Waals surface area contributed by atoms with Crippen LogP contribution in [0.25, 0.3) is 0 Å². The Morgan fingerprint density at radius 1 is 1.00 bits per heavy atom. The Kier molecular flexibility index (Phi) is 4.50. The number of hydrogen-bond acceptors (Lipinski definition) is 6. The van der Waals surface area contributed by atoms with Gasteiger partial charge >= 0.3 is 0 Å². The summed E-state index contributed by atoms with van der Waals surface area (Å²) in [6.45, 7) is 2.70. The van der Waals surface area contributed by atoms with Crippen molar-refractivity contribution in [2.75, 3.05) is 23.4 Å². The molecule has 4 heterocycles. The fourth-order valence-corrected chi connectivity index (χ4v) is 3.31. The smallest absolute Gasteiger partial charge is 0.261 e. The molecule has 1 amide bonds. The van der Waals surface area contributed by atoms with Crippen LogP contribution in [0.3, 0.4) is 0 Å². The molecule has 0 radical (unpaired) electrons. The van der Waals surface area contributed by atoms with Crippen molar-refractivity contribution in [3.8, 4) is 0 Å². The lowest BCUT2D eigenvalue weighted by atomic mass is 10.1. The molecular formula is C20H20N6O. The van der Waals surface area contributed by atoms with Gasteiger partial charge < -0.3 is 9.80 Å². The molecule has 0 unspecified atom stereocenters. The molecule has 4 rings (SSSR count). The van der Waals surface area contributed by atoms with Gasteiger partial charge in [-0.15, -0.1) is 0 Å². The number of carbonyl (C=O) groups excluding carboxylic acids is 1. The van der Waals surface area contributed by atoms with Crippen molar-refractivity contribution in [3.63, 3.8) is 0 Å². The molecule has 0 atom stereocenters. The van der Waals surface area contributed by atoms with E-state index in [0.717, 1.165) is 35.5 Å². The number of anilines is 3. The van der Waals surface area contributed by atoms with Gasteiger partial charge in [0.05, 0.1) is 11.3 Å². The Balaban J connectivity index is 1.71. The van der Waals surface area contributed by atoms with Crippen LogP contribution < -0.4 is 9.80 Å². The molecule has 0 saturated heterocycles. The number of carbonyl (C=O) groups is 1. The number of fused-ring (bicyclic) bond motifs is 2. The molecule has 27 heavy (non-hydrogen) atoms. The van der Waals surface area contributed by atoms with Gasteiger partial charge in [0, 0.05) is 38.4 Å². The van der Waals surface area contributed by atoms with Gasteiger partial charge in [-0.1, -0.05) is 0 Å². The molecule has 0 fully saturated rings. The molecule has 3 aromatic heterocycles. The van der Waals surface area contributed by atoms with Gasteiger partial charge in [-0.2, -0.15) is 0 Å². The second-order valence-electron chi connectivity index (χ2n) is 6.42. The SMILES string of the molecule is CCN1c2ncc(CCc3cncnc3)cc2C(=O)N(C)c2cccnc21. The van der Waals surface area contributed by atoms with Crippen molar-refractivity contribution >= 4 is 23.2 Å². The van der Waals surface area contributed by atoms with Gasteiger partial charge in [0.1, 0.15) is 12.1 Å². The fourth-order valence-electron chi connectivity index (χ4n) is 3.31. The Morgan fingerprint density at radius 3 is 2.56 bits per heavy atom. The first-order chi connectivity index (χ1) is 13.2. The molecular weight excluding hydrogens is 340 g/mol. The minimum absolute atomic E-state index is 0.0763. The predicted octanol–water partition coefficient (Wildman–Crippen LogP) is 2.80. The number of nitrogens with zero attached hydrogens (tertiary/aromatic N) is 6. The molecule has 0 aliphatic carbocycles. The molecule has 0 aromatic carbocycles. The summed E-state index contributed by atoms with van der Waals surface area (Å²) in [7, 11) is 1.78. The Hall–Kier alpha value is -3.35. The number of pyridine rings is 2. The van der Waals surface area contributed by atoms with Crippen LogP contribution in [0.2, 0.25) is 0 Å². The summed E-state index contributed by atoms with van der Waals surface area (Å²) in [6, 6.07) is 5.69. The minimum Gasteiger partial charge on any atom is -0.309 e. The fraction of sp³-hybridized carbons (Fsp3) is 0.250. The molecule has 0 N–H and O–H groups in total. The second kappa shape index (κ2) is 7.11. The van der Waals surface area contributed by atoms with Crippen LogP contribution in [0.5, 0.6) is 0 Å². The summed E-state index contributed by atoms with van der Waals surface area (Å²) in [4.78, 5) is 33.9. The van der Waals surface area contributed by atoms with Gasteiger partial charge in [0.2, 0.25) is 0 Å². The van der Waals surface area contributed by atoms with E-state index in [1.807, 2.05) is 48.6 Å². The van der Waals surface area contributed by atoms with Crippen molar-refractivity contribution in [1.29, 1.82) is 0 Å². The van der Waals surface area contributed by atoms with Crippen molar-refractivity contribution < 1.29 is 4.79 Å². The summed E-state index contributed by atoms with van der Waals surface area (Å²) in [5, 5.41) is 0. The number of hydrogen-bond donors (Lipinski definition) is 0. The third kappa shape index (κ3) is 3.12. The number of rotatable bonds is 4. The second-order valence-corrected chi connectivity index (χ2v) is 6.42. The molecule has 3 aromatic rings. The molecule has 0 spiro atoms. The molecule has 0 bridgehead atoms. The van der Waals surface area contributed by atoms with Crippen LogP contribution in [0.1, 0.15) is 28.4 Å². The number of aromatic nitrogens is 4. The zero-order valence-electron chi connectivity index (χ0n) is 15.3. The molecule has 1 aliphatic rings. The summed E-state index contributed by atoms with van der Waals surface area (Å²) in [5.41, 5.74) is 3.45. The highest BCUT2D eigenvalue weighted by atomic mass is 16.2. The molecule has 7 heteroatoms. The highest BCUT2D eigenvalue weighted by Gasteiger charge is 2.30. The molecule has 0 saturated carbocycles. The predicted molar refractivity (Wildman–Crippen MR) is 103 cm³/mol. The van der Waals surface area contributed by atoms with E-state index in [4.69, 9.17) is 0 Å². The standard InChI is InChI=1S/C20H20N6O/c1-3-26-18-16(20(27)25(2)17-5-4-8-23-19(17)26)9-14(12-24-18)6-7-15-10-21-13-22-11-15/h4-5,8-13H,3,6-7H2,1-2H3. The first kappa shape index (κ1) is 17.1. The van der Waals surface area contributed by atoms with Crippen molar-refractivity contribution in [3.05, 3.63) is 66.0 Å².